The lowest BCUT2D eigenvalue weighted by atomic mass is 10.1. The van der Waals surface area contributed by atoms with Crippen LogP contribution in [-0.4, -0.2) is 32.7 Å². The number of hydrogen-bond donors (Lipinski definition) is 2. The minimum Gasteiger partial charge on any atom is -0.497 e. The summed E-state index contributed by atoms with van der Waals surface area (Å²) in [6.45, 7) is 4.65. The molecule has 106 valence electrons. The summed E-state index contributed by atoms with van der Waals surface area (Å²) in [4.78, 5) is 11.6. The number of hydrogen-bond acceptors (Lipinski definition) is 3. The molecule has 0 fully saturated rings. The molecule has 4 nitrogen and oxygen atoms in total. The lowest BCUT2D eigenvalue weighted by molar-refractivity contribution is -0.121. The zero-order valence-corrected chi connectivity index (χ0v) is 11.9. The Hall–Kier alpha value is -1.55. The second-order valence-electron chi connectivity index (χ2n) is 4.45. The molecule has 0 atom stereocenters. The molecule has 0 spiro atoms. The summed E-state index contributed by atoms with van der Waals surface area (Å²) in [5.74, 6) is 0.933. The van der Waals surface area contributed by atoms with Crippen molar-refractivity contribution in [1.29, 1.82) is 0 Å². The topological polar surface area (TPSA) is 50.4 Å². The summed E-state index contributed by atoms with van der Waals surface area (Å²) < 4.78 is 5.16. The van der Waals surface area contributed by atoms with Gasteiger partial charge in [0.15, 0.2) is 0 Å². The van der Waals surface area contributed by atoms with Crippen molar-refractivity contribution in [2.45, 2.75) is 26.2 Å². The highest BCUT2D eigenvalue weighted by Crippen LogP contribution is 2.13. The molecule has 0 aliphatic heterocycles. The Morgan fingerprint density at radius 2 is 2.11 bits per heavy atom. The van der Waals surface area contributed by atoms with E-state index in [1.54, 1.807) is 7.11 Å². The van der Waals surface area contributed by atoms with Crippen LogP contribution in [0.2, 0.25) is 0 Å². The average molecular weight is 264 g/mol. The summed E-state index contributed by atoms with van der Waals surface area (Å²) in [6, 6.07) is 7.83. The van der Waals surface area contributed by atoms with Crippen molar-refractivity contribution in [2.24, 2.45) is 0 Å². The van der Waals surface area contributed by atoms with Crippen molar-refractivity contribution < 1.29 is 9.53 Å². The summed E-state index contributed by atoms with van der Waals surface area (Å²) in [7, 11) is 1.65. The molecule has 0 aliphatic carbocycles. The van der Waals surface area contributed by atoms with Crippen LogP contribution in [0.4, 0.5) is 0 Å². The predicted octanol–water partition coefficient (Wildman–Crippen LogP) is 1.74. The van der Waals surface area contributed by atoms with Crippen LogP contribution >= 0.6 is 0 Å². The van der Waals surface area contributed by atoms with Gasteiger partial charge < -0.3 is 15.4 Å². The fourth-order valence-electron chi connectivity index (χ4n) is 1.77. The molecular formula is C15H24N2O2. The molecule has 2 N–H and O–H groups in total. The van der Waals surface area contributed by atoms with Gasteiger partial charge in [0.2, 0.25) is 5.91 Å². The van der Waals surface area contributed by atoms with Crippen LogP contribution in [0.3, 0.4) is 0 Å². The number of benzene rings is 1. The minimum absolute atomic E-state index is 0.0983. The number of rotatable bonds is 9. The van der Waals surface area contributed by atoms with E-state index in [4.69, 9.17) is 4.74 Å². The van der Waals surface area contributed by atoms with Crippen molar-refractivity contribution in [3.05, 3.63) is 29.8 Å². The number of amides is 1. The van der Waals surface area contributed by atoms with Crippen molar-refractivity contribution in [2.75, 3.05) is 26.7 Å². The average Bonchev–Trinajstić information content (AvgIpc) is 2.45. The van der Waals surface area contributed by atoms with E-state index in [1.165, 1.54) is 0 Å². The second-order valence-corrected chi connectivity index (χ2v) is 4.45. The van der Waals surface area contributed by atoms with Gasteiger partial charge >= 0.3 is 0 Å². The Balaban J connectivity index is 2.18. The van der Waals surface area contributed by atoms with E-state index >= 15 is 0 Å². The summed E-state index contributed by atoms with van der Waals surface area (Å²) >= 11 is 0. The lowest BCUT2D eigenvalue weighted by Gasteiger charge is -2.07. The third-order valence-electron chi connectivity index (χ3n) is 2.83. The molecule has 0 saturated carbocycles. The summed E-state index contributed by atoms with van der Waals surface area (Å²) in [6.07, 6.45) is 2.37. The molecule has 1 rings (SSSR count). The van der Waals surface area contributed by atoms with Crippen molar-refractivity contribution >= 4 is 5.91 Å². The molecule has 1 aromatic carbocycles. The van der Waals surface area contributed by atoms with Gasteiger partial charge in [0.1, 0.15) is 5.75 Å². The number of nitrogens with one attached hydrogen (secondary N) is 2. The fraction of sp³-hybridized carbons (Fsp3) is 0.533. The third-order valence-corrected chi connectivity index (χ3v) is 2.83. The van der Waals surface area contributed by atoms with Gasteiger partial charge in [0, 0.05) is 19.5 Å². The minimum atomic E-state index is 0.0983. The first-order chi connectivity index (χ1) is 9.26. The SMILES string of the molecule is CCCNCCNC(=O)CCc1cccc(OC)c1. The van der Waals surface area contributed by atoms with Gasteiger partial charge in [0.05, 0.1) is 7.11 Å². The highest BCUT2D eigenvalue weighted by molar-refractivity contribution is 5.76. The molecule has 0 aromatic heterocycles. The molecule has 0 bridgehead atoms. The normalized spacial score (nSPS) is 10.2. The molecule has 19 heavy (non-hydrogen) atoms. The van der Waals surface area contributed by atoms with Crippen LogP contribution in [0.1, 0.15) is 25.3 Å². The van der Waals surface area contributed by atoms with E-state index in [9.17, 15) is 4.79 Å². The predicted molar refractivity (Wildman–Crippen MR) is 77.5 cm³/mol. The van der Waals surface area contributed by atoms with Crippen LogP contribution in [0, 0.1) is 0 Å². The lowest BCUT2D eigenvalue weighted by Crippen LogP contribution is -2.32. The van der Waals surface area contributed by atoms with Crippen LogP contribution in [-0.2, 0) is 11.2 Å². The van der Waals surface area contributed by atoms with Gasteiger partial charge in [-0.3, -0.25) is 4.79 Å². The van der Waals surface area contributed by atoms with E-state index < -0.39 is 0 Å². The number of ether oxygens (including phenoxy) is 1. The molecular weight excluding hydrogens is 240 g/mol. The fourth-order valence-corrected chi connectivity index (χ4v) is 1.77. The number of carbonyl (C=O) groups excluding carboxylic acids is 1. The van der Waals surface area contributed by atoms with E-state index in [1.807, 2.05) is 24.3 Å². The van der Waals surface area contributed by atoms with E-state index in [2.05, 4.69) is 17.6 Å². The van der Waals surface area contributed by atoms with Crippen molar-refractivity contribution in [3.63, 3.8) is 0 Å². The van der Waals surface area contributed by atoms with Crippen LogP contribution < -0.4 is 15.4 Å². The van der Waals surface area contributed by atoms with Gasteiger partial charge in [-0.05, 0) is 37.1 Å². The molecule has 0 unspecified atom stereocenters. The smallest absolute Gasteiger partial charge is 0.220 e. The number of methoxy groups -OCH3 is 1. The van der Waals surface area contributed by atoms with Gasteiger partial charge in [-0.25, -0.2) is 0 Å². The van der Waals surface area contributed by atoms with E-state index in [0.29, 0.717) is 13.0 Å². The molecule has 0 aliphatic rings. The quantitative estimate of drug-likeness (QED) is 0.668. The first-order valence-corrected chi connectivity index (χ1v) is 6.86. The van der Waals surface area contributed by atoms with Gasteiger partial charge in [0.25, 0.3) is 0 Å². The Morgan fingerprint density at radius 3 is 2.84 bits per heavy atom. The zero-order valence-electron chi connectivity index (χ0n) is 11.9. The second kappa shape index (κ2) is 9.39. The molecule has 1 amide bonds. The molecule has 4 heteroatoms. The van der Waals surface area contributed by atoms with Crippen molar-refractivity contribution in [3.8, 4) is 5.75 Å². The molecule has 0 heterocycles. The van der Waals surface area contributed by atoms with Crippen molar-refractivity contribution in [1.82, 2.24) is 10.6 Å². The van der Waals surface area contributed by atoms with Gasteiger partial charge in [-0.2, -0.15) is 0 Å². The Morgan fingerprint density at radius 1 is 1.26 bits per heavy atom. The summed E-state index contributed by atoms with van der Waals surface area (Å²) in [5.41, 5.74) is 1.12. The molecule has 0 saturated heterocycles. The Bertz CT molecular complexity index is 380. The van der Waals surface area contributed by atoms with E-state index in [-0.39, 0.29) is 5.91 Å². The maximum Gasteiger partial charge on any atom is 0.220 e. The highest BCUT2D eigenvalue weighted by atomic mass is 16.5. The first-order valence-electron chi connectivity index (χ1n) is 6.86. The number of aryl methyl sites for hydroxylation is 1. The van der Waals surface area contributed by atoms with Gasteiger partial charge in [-0.15, -0.1) is 0 Å². The third kappa shape index (κ3) is 6.82. The zero-order chi connectivity index (χ0) is 13.9. The highest BCUT2D eigenvalue weighted by Gasteiger charge is 2.02. The first kappa shape index (κ1) is 15.5. The van der Waals surface area contributed by atoms with Crippen LogP contribution in [0.25, 0.3) is 0 Å². The van der Waals surface area contributed by atoms with Crippen LogP contribution in [0.5, 0.6) is 5.75 Å². The number of carbonyl (C=O) groups is 1. The standard InChI is InChI=1S/C15H24N2O2/c1-3-9-16-10-11-17-15(18)8-7-13-5-4-6-14(12-13)19-2/h4-6,12,16H,3,7-11H2,1-2H3,(H,17,18). The summed E-state index contributed by atoms with van der Waals surface area (Å²) in [5, 5.41) is 6.16. The molecule has 0 radical (unpaired) electrons. The van der Waals surface area contributed by atoms with E-state index in [0.717, 1.165) is 37.2 Å². The molecule has 1 aromatic rings. The largest absolute Gasteiger partial charge is 0.497 e. The maximum absolute atomic E-state index is 11.6. The maximum atomic E-state index is 11.6. The monoisotopic (exact) mass is 264 g/mol. The van der Waals surface area contributed by atoms with Crippen LogP contribution in [0.15, 0.2) is 24.3 Å². The Labute approximate surface area is 115 Å². The van der Waals surface area contributed by atoms with Gasteiger partial charge in [-0.1, -0.05) is 19.1 Å². The Kier molecular flexibility index (Phi) is 7.66.